The molecule has 0 aliphatic carbocycles. The summed E-state index contributed by atoms with van der Waals surface area (Å²) in [6.07, 6.45) is 6.65. The van der Waals surface area contributed by atoms with Gasteiger partial charge in [0.1, 0.15) is 12.4 Å². The van der Waals surface area contributed by atoms with Crippen molar-refractivity contribution in [3.63, 3.8) is 0 Å². The summed E-state index contributed by atoms with van der Waals surface area (Å²) in [5.74, 6) is 3.35. The Balaban J connectivity index is 1.88. The lowest BCUT2D eigenvalue weighted by Crippen LogP contribution is -2.03. The van der Waals surface area contributed by atoms with E-state index >= 15 is 0 Å². The molecule has 0 fully saturated rings. The van der Waals surface area contributed by atoms with E-state index in [1.54, 1.807) is 0 Å². The summed E-state index contributed by atoms with van der Waals surface area (Å²) in [5, 5.41) is 15.2. The van der Waals surface area contributed by atoms with Gasteiger partial charge in [0.2, 0.25) is 5.95 Å². The van der Waals surface area contributed by atoms with Gasteiger partial charge in [-0.05, 0) is 25.1 Å². The second-order valence-corrected chi connectivity index (χ2v) is 5.51. The van der Waals surface area contributed by atoms with Gasteiger partial charge in [0, 0.05) is 24.2 Å². The number of fused-ring (bicyclic) bond motifs is 1. The maximum Gasteiger partial charge on any atom is 0.270 e. The Kier molecular flexibility index (Phi) is 5.33. The molecule has 0 unspecified atom stereocenters. The summed E-state index contributed by atoms with van der Waals surface area (Å²) < 4.78 is 7.40. The van der Waals surface area contributed by atoms with Gasteiger partial charge in [-0.2, -0.15) is 5.10 Å². The van der Waals surface area contributed by atoms with Gasteiger partial charge in [0.05, 0.1) is 22.2 Å². The number of benzene rings is 2. The number of terminal acetylenes is 1. The summed E-state index contributed by atoms with van der Waals surface area (Å²) >= 11 is 0. The van der Waals surface area contributed by atoms with Crippen LogP contribution >= 0.6 is 0 Å². The molecule has 0 saturated heterocycles. The zero-order chi connectivity index (χ0) is 19.2. The summed E-state index contributed by atoms with van der Waals surface area (Å²) in [6, 6.07) is 12.0. The third-order valence-electron chi connectivity index (χ3n) is 3.85. The predicted octanol–water partition coefficient (Wildman–Crippen LogP) is 3.42. The van der Waals surface area contributed by atoms with Gasteiger partial charge in [0.25, 0.3) is 5.69 Å². The number of anilines is 1. The SMILES string of the molecule is C#CCOc1ccc([N+](=O)[O-])cc1/C=N\Nc1nc2ccccc2n1CC. The number of ether oxygens (including phenoxy) is 1. The molecule has 1 heterocycles. The number of hydrazone groups is 1. The number of hydrogen-bond donors (Lipinski definition) is 1. The number of nitrogens with one attached hydrogen (secondary N) is 1. The molecule has 1 aromatic heterocycles. The van der Waals surface area contributed by atoms with Crippen molar-refractivity contribution in [2.75, 3.05) is 12.0 Å². The van der Waals surface area contributed by atoms with Crippen LogP contribution in [0.5, 0.6) is 5.75 Å². The average Bonchev–Trinajstić information content (AvgIpc) is 3.04. The zero-order valence-electron chi connectivity index (χ0n) is 14.6. The molecule has 0 aliphatic heterocycles. The average molecular weight is 363 g/mol. The molecule has 27 heavy (non-hydrogen) atoms. The second-order valence-electron chi connectivity index (χ2n) is 5.51. The van der Waals surface area contributed by atoms with E-state index in [0.717, 1.165) is 11.0 Å². The molecule has 0 aliphatic rings. The zero-order valence-corrected chi connectivity index (χ0v) is 14.6. The lowest BCUT2D eigenvalue weighted by atomic mass is 10.2. The number of hydrogen-bond acceptors (Lipinski definition) is 6. The van der Waals surface area contributed by atoms with Gasteiger partial charge in [-0.15, -0.1) is 6.42 Å². The van der Waals surface area contributed by atoms with Gasteiger partial charge >= 0.3 is 0 Å². The van der Waals surface area contributed by atoms with Crippen LogP contribution in [0.4, 0.5) is 11.6 Å². The normalized spacial score (nSPS) is 10.8. The van der Waals surface area contributed by atoms with Crippen LogP contribution in [0.2, 0.25) is 0 Å². The minimum atomic E-state index is -0.480. The van der Waals surface area contributed by atoms with Crippen LogP contribution in [0.3, 0.4) is 0 Å². The fourth-order valence-electron chi connectivity index (χ4n) is 2.64. The predicted molar refractivity (Wildman–Crippen MR) is 104 cm³/mol. The van der Waals surface area contributed by atoms with E-state index in [1.165, 1.54) is 24.4 Å². The largest absolute Gasteiger partial charge is 0.480 e. The molecule has 0 bridgehead atoms. The standard InChI is InChI=1S/C19H17N5O3/c1-3-11-27-18-10-9-15(24(25)26)12-14(18)13-20-22-19-21-16-7-5-6-8-17(16)23(19)4-2/h1,5-10,12-13H,4,11H2,2H3,(H,21,22)/b20-13-. The molecular formula is C19H17N5O3. The van der Waals surface area contributed by atoms with Crippen LogP contribution in [0.1, 0.15) is 12.5 Å². The molecule has 0 saturated carbocycles. The van der Waals surface area contributed by atoms with Crippen molar-refractivity contribution in [2.24, 2.45) is 5.10 Å². The number of aryl methyl sites for hydroxylation is 1. The van der Waals surface area contributed by atoms with Crippen LogP contribution in [-0.2, 0) is 6.54 Å². The van der Waals surface area contributed by atoms with E-state index in [2.05, 4.69) is 21.4 Å². The first-order valence-electron chi connectivity index (χ1n) is 8.23. The number of nitro benzene ring substituents is 1. The van der Waals surface area contributed by atoms with Gasteiger partial charge in [0.15, 0.2) is 0 Å². The molecule has 3 aromatic rings. The fraction of sp³-hybridized carbons (Fsp3) is 0.158. The Morgan fingerprint density at radius 1 is 1.41 bits per heavy atom. The van der Waals surface area contributed by atoms with Crippen molar-refractivity contribution in [3.05, 3.63) is 58.1 Å². The third kappa shape index (κ3) is 3.88. The highest BCUT2D eigenvalue weighted by Crippen LogP contribution is 2.23. The van der Waals surface area contributed by atoms with Gasteiger partial charge in [-0.25, -0.2) is 10.4 Å². The summed E-state index contributed by atoms with van der Waals surface area (Å²) in [4.78, 5) is 15.0. The highest BCUT2D eigenvalue weighted by atomic mass is 16.6. The molecule has 2 aromatic carbocycles. The molecule has 8 nitrogen and oxygen atoms in total. The Bertz CT molecular complexity index is 1050. The Labute approximate surface area is 155 Å². The molecule has 136 valence electrons. The van der Waals surface area contributed by atoms with Crippen LogP contribution in [0.15, 0.2) is 47.6 Å². The van der Waals surface area contributed by atoms with E-state index in [0.29, 0.717) is 23.8 Å². The number of imidazole rings is 1. The quantitative estimate of drug-likeness (QED) is 0.300. The van der Waals surface area contributed by atoms with Crippen molar-refractivity contribution < 1.29 is 9.66 Å². The highest BCUT2D eigenvalue weighted by molar-refractivity contribution is 5.85. The van der Waals surface area contributed by atoms with Gasteiger partial charge in [-0.3, -0.25) is 10.1 Å². The fourth-order valence-corrected chi connectivity index (χ4v) is 2.64. The topological polar surface area (TPSA) is 94.6 Å². The van der Waals surface area contributed by atoms with Gasteiger partial charge in [-0.1, -0.05) is 18.1 Å². The molecule has 8 heteroatoms. The molecule has 1 N–H and O–H groups in total. The summed E-state index contributed by atoms with van der Waals surface area (Å²) in [7, 11) is 0. The lowest BCUT2D eigenvalue weighted by molar-refractivity contribution is -0.384. The Morgan fingerprint density at radius 2 is 2.22 bits per heavy atom. The third-order valence-corrected chi connectivity index (χ3v) is 3.85. The van der Waals surface area contributed by atoms with Crippen LogP contribution < -0.4 is 10.2 Å². The summed E-state index contributed by atoms with van der Waals surface area (Å²) in [5.41, 5.74) is 5.11. The first kappa shape index (κ1) is 17.9. The lowest BCUT2D eigenvalue weighted by Gasteiger charge is -2.07. The minimum Gasteiger partial charge on any atom is -0.480 e. The van der Waals surface area contributed by atoms with Crippen molar-refractivity contribution in [1.82, 2.24) is 9.55 Å². The monoisotopic (exact) mass is 363 g/mol. The minimum absolute atomic E-state index is 0.0533. The van der Waals surface area contributed by atoms with Crippen molar-refractivity contribution >= 4 is 28.9 Å². The van der Waals surface area contributed by atoms with Crippen molar-refractivity contribution in [1.29, 1.82) is 0 Å². The Hall–Kier alpha value is -3.86. The van der Waals surface area contributed by atoms with E-state index < -0.39 is 4.92 Å². The maximum absolute atomic E-state index is 11.0. The number of para-hydroxylation sites is 2. The van der Waals surface area contributed by atoms with Crippen molar-refractivity contribution in [3.8, 4) is 18.1 Å². The number of rotatable bonds is 7. The molecule has 0 atom stereocenters. The maximum atomic E-state index is 11.0. The number of nitrogens with zero attached hydrogens (tertiary/aromatic N) is 4. The van der Waals surface area contributed by atoms with Crippen LogP contribution in [0.25, 0.3) is 11.0 Å². The van der Waals surface area contributed by atoms with E-state index in [1.807, 2.05) is 35.8 Å². The van der Waals surface area contributed by atoms with Gasteiger partial charge < -0.3 is 9.30 Å². The number of aromatic nitrogens is 2. The summed E-state index contributed by atoms with van der Waals surface area (Å²) in [6.45, 7) is 2.78. The molecular weight excluding hydrogens is 346 g/mol. The van der Waals surface area contributed by atoms with E-state index in [9.17, 15) is 10.1 Å². The molecule has 3 rings (SSSR count). The molecule has 0 radical (unpaired) electrons. The number of nitro groups is 1. The van der Waals surface area contributed by atoms with E-state index in [-0.39, 0.29) is 12.3 Å². The van der Waals surface area contributed by atoms with Crippen molar-refractivity contribution in [2.45, 2.75) is 13.5 Å². The molecule has 0 amide bonds. The Morgan fingerprint density at radius 3 is 2.96 bits per heavy atom. The van der Waals surface area contributed by atoms with E-state index in [4.69, 9.17) is 11.2 Å². The smallest absolute Gasteiger partial charge is 0.270 e. The first-order chi connectivity index (χ1) is 13.1. The second kappa shape index (κ2) is 8.01. The first-order valence-corrected chi connectivity index (χ1v) is 8.23. The van der Waals surface area contributed by atoms with Crippen LogP contribution in [0, 0.1) is 22.5 Å². The van der Waals surface area contributed by atoms with Crippen LogP contribution in [-0.4, -0.2) is 27.3 Å². The highest BCUT2D eigenvalue weighted by Gasteiger charge is 2.11. The molecule has 0 spiro atoms. The number of non-ortho nitro benzene ring substituents is 1.